The van der Waals surface area contributed by atoms with Crippen molar-refractivity contribution in [3.05, 3.63) is 66.1 Å². The Labute approximate surface area is 223 Å². The number of aliphatic hydroxyl groups excluding tert-OH is 3. The van der Waals surface area contributed by atoms with Gasteiger partial charge in [0.2, 0.25) is 5.95 Å². The van der Waals surface area contributed by atoms with Crippen molar-refractivity contribution in [3.8, 4) is 10.6 Å². The summed E-state index contributed by atoms with van der Waals surface area (Å²) in [6.45, 7) is 3.68. The molecule has 1 saturated carbocycles. The van der Waals surface area contributed by atoms with Gasteiger partial charge in [0.1, 0.15) is 28.3 Å². The number of furan rings is 1. The van der Waals surface area contributed by atoms with Crippen molar-refractivity contribution < 1.29 is 19.7 Å². The van der Waals surface area contributed by atoms with E-state index in [2.05, 4.69) is 10.6 Å². The number of para-hydroxylation sites is 2. The molecular formula is C28H29N5O4S. The number of aliphatic hydroxyl groups is 3. The van der Waals surface area contributed by atoms with Crippen LogP contribution in [-0.4, -0.2) is 55.1 Å². The minimum atomic E-state index is -1.04. The Bertz CT molecular complexity index is 1540. The van der Waals surface area contributed by atoms with E-state index in [9.17, 15) is 15.3 Å². The number of aromatic nitrogens is 3. The molecule has 5 atom stereocenters. The molecule has 38 heavy (non-hydrogen) atoms. The third-order valence-electron chi connectivity index (χ3n) is 7.17. The lowest BCUT2D eigenvalue weighted by atomic mass is 10.1. The fraction of sp³-hybridized carbons (Fsp3) is 0.321. The molecule has 3 aromatic heterocycles. The van der Waals surface area contributed by atoms with Crippen LogP contribution in [0.1, 0.15) is 30.8 Å². The van der Waals surface area contributed by atoms with Crippen molar-refractivity contribution in [3.63, 3.8) is 0 Å². The predicted molar refractivity (Wildman–Crippen MR) is 148 cm³/mol. The van der Waals surface area contributed by atoms with Gasteiger partial charge in [-0.05, 0) is 44.5 Å². The number of thiazole rings is 1. The number of nitrogens with zero attached hydrogens (tertiary/aromatic N) is 3. The predicted octanol–water partition coefficient (Wildman–Crippen LogP) is 4.50. The Morgan fingerprint density at radius 1 is 1.05 bits per heavy atom. The van der Waals surface area contributed by atoms with E-state index in [0.717, 1.165) is 37.5 Å². The molecule has 1 fully saturated rings. The van der Waals surface area contributed by atoms with E-state index in [1.165, 1.54) is 0 Å². The molecule has 1 aliphatic carbocycles. The molecule has 0 aliphatic heterocycles. The van der Waals surface area contributed by atoms with Gasteiger partial charge in [-0.1, -0.05) is 30.3 Å². The lowest BCUT2D eigenvalue weighted by Crippen LogP contribution is -2.35. The number of benzene rings is 2. The summed E-state index contributed by atoms with van der Waals surface area (Å²) >= 11 is 1.54. The van der Waals surface area contributed by atoms with Crippen LogP contribution in [0.2, 0.25) is 0 Å². The summed E-state index contributed by atoms with van der Waals surface area (Å²) in [7, 11) is 0. The Kier molecular flexibility index (Phi) is 6.48. The van der Waals surface area contributed by atoms with Crippen molar-refractivity contribution in [1.82, 2.24) is 15.0 Å². The number of anilines is 2. The van der Waals surface area contributed by atoms with Gasteiger partial charge in [0.05, 0.1) is 39.7 Å². The molecule has 0 radical (unpaired) electrons. The molecule has 0 unspecified atom stereocenters. The van der Waals surface area contributed by atoms with Gasteiger partial charge in [0, 0.05) is 17.9 Å². The SMILES string of the molecule is Cc1nc(N[C@H](C)c2cc3ccccc3o2)nc(N[C@@H]2C[C@H](CO)[C@@H](O)[C@H]2O)c1-c1nc2ccccc2s1. The minimum absolute atomic E-state index is 0.203. The second-order valence-corrected chi connectivity index (χ2v) is 10.8. The summed E-state index contributed by atoms with van der Waals surface area (Å²) in [5.74, 6) is 1.25. The first-order valence-corrected chi connectivity index (χ1v) is 13.5. The lowest BCUT2D eigenvalue weighted by molar-refractivity contribution is 0.00446. The maximum Gasteiger partial charge on any atom is 0.225 e. The zero-order chi connectivity index (χ0) is 26.4. The van der Waals surface area contributed by atoms with Crippen molar-refractivity contribution >= 4 is 44.3 Å². The van der Waals surface area contributed by atoms with Gasteiger partial charge in [0.15, 0.2) is 0 Å². The van der Waals surface area contributed by atoms with Crippen LogP contribution in [-0.2, 0) is 0 Å². The fourth-order valence-corrected chi connectivity index (χ4v) is 6.15. The number of hydrogen-bond acceptors (Lipinski definition) is 10. The van der Waals surface area contributed by atoms with E-state index in [0.29, 0.717) is 23.9 Å². The minimum Gasteiger partial charge on any atom is -0.459 e. The van der Waals surface area contributed by atoms with Gasteiger partial charge < -0.3 is 30.4 Å². The highest BCUT2D eigenvalue weighted by atomic mass is 32.1. The Morgan fingerprint density at radius 2 is 1.84 bits per heavy atom. The van der Waals surface area contributed by atoms with Crippen LogP contribution < -0.4 is 10.6 Å². The molecule has 0 spiro atoms. The molecule has 0 saturated heterocycles. The first-order valence-electron chi connectivity index (χ1n) is 12.6. The summed E-state index contributed by atoms with van der Waals surface area (Å²) < 4.78 is 7.07. The van der Waals surface area contributed by atoms with Crippen molar-refractivity contribution in [2.45, 2.75) is 44.6 Å². The maximum atomic E-state index is 10.7. The van der Waals surface area contributed by atoms with E-state index >= 15 is 0 Å². The summed E-state index contributed by atoms with van der Waals surface area (Å²) in [5.41, 5.74) is 3.15. The Balaban J connectivity index is 1.37. The molecule has 196 valence electrons. The standard InChI is InChI=1S/C28H29N5O4S/c1-14(21-12-16-7-3-5-9-20(16)37-21)29-28-30-15(2)23(27-32-18-8-4-6-10-22(18)38-27)26(33-28)31-19-11-17(13-34)24(35)25(19)36/h3-10,12,14,17,19,24-25,34-36H,11,13H2,1-2H3,(H2,29,30,31,33)/t14-,17-,19-,24-,25+/m1/s1. The van der Waals surface area contributed by atoms with E-state index in [1.54, 1.807) is 11.3 Å². The van der Waals surface area contributed by atoms with Crippen molar-refractivity contribution in [2.24, 2.45) is 5.92 Å². The van der Waals surface area contributed by atoms with Crippen LogP contribution in [0.5, 0.6) is 0 Å². The molecule has 0 bridgehead atoms. The molecule has 5 N–H and O–H groups in total. The fourth-order valence-electron chi connectivity index (χ4n) is 5.08. The largest absolute Gasteiger partial charge is 0.459 e. The molecule has 6 rings (SSSR count). The summed E-state index contributed by atoms with van der Waals surface area (Å²) in [4.78, 5) is 14.4. The third-order valence-corrected chi connectivity index (χ3v) is 8.23. The first-order chi connectivity index (χ1) is 18.4. The number of aryl methyl sites for hydroxylation is 1. The third kappa shape index (κ3) is 4.49. The van der Waals surface area contributed by atoms with Crippen LogP contribution in [0, 0.1) is 12.8 Å². The summed E-state index contributed by atoms with van der Waals surface area (Å²) in [6.07, 6.45) is -1.66. The summed E-state index contributed by atoms with van der Waals surface area (Å²) in [5, 5.41) is 39.2. The average molecular weight is 532 g/mol. The second-order valence-electron chi connectivity index (χ2n) is 9.81. The molecular weight excluding hydrogens is 502 g/mol. The van der Waals surface area contributed by atoms with Crippen LogP contribution >= 0.6 is 11.3 Å². The van der Waals surface area contributed by atoms with Crippen LogP contribution in [0.25, 0.3) is 31.8 Å². The molecule has 3 heterocycles. The molecule has 10 heteroatoms. The second kappa shape index (κ2) is 9.95. The number of rotatable bonds is 7. The number of hydrogen-bond donors (Lipinski definition) is 5. The van der Waals surface area contributed by atoms with Gasteiger partial charge in [-0.2, -0.15) is 4.98 Å². The molecule has 2 aromatic carbocycles. The first kappa shape index (κ1) is 24.7. The van der Waals surface area contributed by atoms with E-state index in [1.807, 2.05) is 68.4 Å². The highest BCUT2D eigenvalue weighted by Crippen LogP contribution is 2.38. The maximum absolute atomic E-state index is 10.7. The van der Waals surface area contributed by atoms with Gasteiger partial charge in [-0.25, -0.2) is 9.97 Å². The molecule has 1 aliphatic rings. The summed E-state index contributed by atoms with van der Waals surface area (Å²) in [6, 6.07) is 17.1. The highest BCUT2D eigenvalue weighted by molar-refractivity contribution is 7.21. The molecule has 5 aromatic rings. The topological polar surface area (TPSA) is 137 Å². The molecule has 0 amide bonds. The lowest BCUT2D eigenvalue weighted by Gasteiger charge is -2.22. The van der Waals surface area contributed by atoms with Crippen LogP contribution in [0.3, 0.4) is 0 Å². The van der Waals surface area contributed by atoms with Crippen molar-refractivity contribution in [1.29, 1.82) is 0 Å². The number of fused-ring (bicyclic) bond motifs is 2. The monoisotopic (exact) mass is 531 g/mol. The van der Waals surface area contributed by atoms with Gasteiger partial charge in [0.25, 0.3) is 0 Å². The molecule has 9 nitrogen and oxygen atoms in total. The van der Waals surface area contributed by atoms with E-state index in [4.69, 9.17) is 19.4 Å². The van der Waals surface area contributed by atoms with Crippen molar-refractivity contribution in [2.75, 3.05) is 17.2 Å². The van der Waals surface area contributed by atoms with Crippen LogP contribution in [0.4, 0.5) is 11.8 Å². The average Bonchev–Trinajstić information content (AvgIpc) is 3.60. The highest BCUT2D eigenvalue weighted by Gasteiger charge is 2.41. The zero-order valence-electron chi connectivity index (χ0n) is 21.0. The smallest absolute Gasteiger partial charge is 0.225 e. The normalized spacial score (nSPS) is 22.2. The van der Waals surface area contributed by atoms with Gasteiger partial charge >= 0.3 is 0 Å². The van der Waals surface area contributed by atoms with E-state index < -0.39 is 24.2 Å². The Morgan fingerprint density at radius 3 is 2.61 bits per heavy atom. The number of nitrogens with one attached hydrogen (secondary N) is 2. The van der Waals surface area contributed by atoms with Gasteiger partial charge in [-0.3, -0.25) is 0 Å². The van der Waals surface area contributed by atoms with Gasteiger partial charge in [-0.15, -0.1) is 11.3 Å². The Hall–Kier alpha value is -3.57. The quantitative estimate of drug-likeness (QED) is 0.206. The van der Waals surface area contributed by atoms with E-state index in [-0.39, 0.29) is 12.6 Å². The zero-order valence-corrected chi connectivity index (χ0v) is 21.8. The van der Waals surface area contributed by atoms with Crippen LogP contribution in [0.15, 0.2) is 59.0 Å².